The van der Waals surface area contributed by atoms with Crippen LogP contribution >= 0.6 is 22.7 Å². The zero-order valence-electron chi connectivity index (χ0n) is 7.54. The van der Waals surface area contributed by atoms with Crippen LogP contribution in [0.1, 0.15) is 0 Å². The van der Waals surface area contributed by atoms with Crippen LogP contribution in [0.2, 0.25) is 0 Å². The highest BCUT2D eigenvalue weighted by Gasteiger charge is 2.12. The molecule has 3 aromatic rings. The van der Waals surface area contributed by atoms with Gasteiger partial charge in [0.2, 0.25) is 5.95 Å². The lowest BCUT2D eigenvalue weighted by Crippen LogP contribution is -2.12. The number of nitrogen functional groups attached to an aromatic ring is 2. The summed E-state index contributed by atoms with van der Waals surface area (Å²) in [6, 6.07) is 4.13. The monoisotopic (exact) mass is 237 g/mol. The Morgan fingerprint density at radius 1 is 1.27 bits per heavy atom. The lowest BCUT2D eigenvalue weighted by molar-refractivity contribution is 1.03. The van der Waals surface area contributed by atoms with Gasteiger partial charge in [0.05, 0.1) is 4.88 Å². The first-order valence-electron chi connectivity index (χ1n) is 4.19. The van der Waals surface area contributed by atoms with Crippen molar-refractivity contribution >= 4 is 38.0 Å². The van der Waals surface area contributed by atoms with Gasteiger partial charge < -0.3 is 11.6 Å². The average Bonchev–Trinajstić information content (AvgIpc) is 2.82. The second-order valence-corrected chi connectivity index (χ2v) is 5.04. The number of hydrogen-bond acceptors (Lipinski definition) is 6. The molecule has 0 saturated heterocycles. The van der Waals surface area contributed by atoms with Crippen LogP contribution in [0, 0.1) is 0 Å². The van der Waals surface area contributed by atoms with Crippen molar-refractivity contribution in [3.8, 4) is 10.7 Å². The first-order chi connectivity index (χ1) is 7.25. The second-order valence-electron chi connectivity index (χ2n) is 3.01. The molecule has 0 aliphatic carbocycles. The van der Waals surface area contributed by atoms with Gasteiger partial charge >= 0.3 is 0 Å². The van der Waals surface area contributed by atoms with Crippen molar-refractivity contribution < 1.29 is 0 Å². The standard InChI is InChI=1S/C8H7N5S2/c9-8-12-11-7(13(8)10)6-3-5-4(15-6)1-2-14-5/h1-3H,10H2,(H2,9,12). The first-order valence-corrected chi connectivity index (χ1v) is 5.88. The molecular formula is C8H7N5S2. The molecule has 0 saturated carbocycles. The number of fused-ring (bicyclic) bond motifs is 1. The quantitative estimate of drug-likeness (QED) is 0.628. The van der Waals surface area contributed by atoms with Gasteiger partial charge in [-0.15, -0.1) is 32.9 Å². The Hall–Kier alpha value is -1.60. The van der Waals surface area contributed by atoms with Gasteiger partial charge in [-0.05, 0) is 17.5 Å². The average molecular weight is 237 g/mol. The molecule has 0 spiro atoms. The molecule has 0 atom stereocenters. The van der Waals surface area contributed by atoms with E-state index in [4.69, 9.17) is 11.6 Å². The summed E-state index contributed by atoms with van der Waals surface area (Å²) in [6.07, 6.45) is 0. The second kappa shape index (κ2) is 2.94. The number of nitrogens with zero attached hydrogens (tertiary/aromatic N) is 3. The maximum absolute atomic E-state index is 5.70. The molecular weight excluding hydrogens is 230 g/mol. The van der Waals surface area contributed by atoms with E-state index in [-0.39, 0.29) is 5.95 Å². The van der Waals surface area contributed by atoms with Crippen molar-refractivity contribution in [1.82, 2.24) is 14.9 Å². The van der Waals surface area contributed by atoms with Crippen LogP contribution in [0.15, 0.2) is 17.5 Å². The highest BCUT2D eigenvalue weighted by Crippen LogP contribution is 2.35. The lowest BCUT2D eigenvalue weighted by Gasteiger charge is -1.96. The molecule has 0 unspecified atom stereocenters. The van der Waals surface area contributed by atoms with Crippen LogP contribution < -0.4 is 11.6 Å². The van der Waals surface area contributed by atoms with Crippen LogP contribution in [-0.4, -0.2) is 14.9 Å². The van der Waals surface area contributed by atoms with Crippen molar-refractivity contribution in [2.45, 2.75) is 0 Å². The first kappa shape index (κ1) is 8.69. The lowest BCUT2D eigenvalue weighted by atomic mass is 10.4. The Morgan fingerprint density at radius 2 is 2.13 bits per heavy atom. The molecule has 3 heterocycles. The van der Waals surface area contributed by atoms with E-state index in [1.165, 1.54) is 14.1 Å². The largest absolute Gasteiger partial charge is 0.366 e. The van der Waals surface area contributed by atoms with Crippen LogP contribution in [0.4, 0.5) is 5.95 Å². The molecule has 0 bridgehead atoms. The van der Waals surface area contributed by atoms with Crippen molar-refractivity contribution in [2.75, 3.05) is 11.6 Å². The van der Waals surface area contributed by atoms with Crippen LogP contribution in [-0.2, 0) is 0 Å². The minimum atomic E-state index is 0.224. The van der Waals surface area contributed by atoms with E-state index in [1.54, 1.807) is 22.7 Å². The van der Waals surface area contributed by atoms with Crippen molar-refractivity contribution in [3.63, 3.8) is 0 Å². The van der Waals surface area contributed by atoms with Crippen LogP contribution in [0.5, 0.6) is 0 Å². The number of thiophene rings is 2. The Bertz CT molecular complexity index is 591. The van der Waals surface area contributed by atoms with E-state index in [2.05, 4.69) is 27.7 Å². The van der Waals surface area contributed by atoms with Crippen LogP contribution in [0.25, 0.3) is 20.1 Å². The van der Waals surface area contributed by atoms with Gasteiger partial charge in [-0.25, -0.2) is 4.68 Å². The molecule has 7 heteroatoms. The fraction of sp³-hybridized carbons (Fsp3) is 0. The molecule has 15 heavy (non-hydrogen) atoms. The molecule has 3 rings (SSSR count). The third-order valence-electron chi connectivity index (χ3n) is 2.08. The fourth-order valence-corrected chi connectivity index (χ4v) is 3.44. The van der Waals surface area contributed by atoms with Crippen molar-refractivity contribution in [1.29, 1.82) is 0 Å². The molecule has 0 aromatic carbocycles. The van der Waals surface area contributed by atoms with Gasteiger partial charge in [0.25, 0.3) is 0 Å². The molecule has 0 aliphatic rings. The summed E-state index contributed by atoms with van der Waals surface area (Å²) in [7, 11) is 0. The minimum absolute atomic E-state index is 0.224. The molecule has 5 nitrogen and oxygen atoms in total. The zero-order valence-corrected chi connectivity index (χ0v) is 9.18. The van der Waals surface area contributed by atoms with Crippen molar-refractivity contribution in [2.24, 2.45) is 0 Å². The Morgan fingerprint density at radius 3 is 2.80 bits per heavy atom. The molecule has 4 N–H and O–H groups in total. The van der Waals surface area contributed by atoms with E-state index < -0.39 is 0 Å². The summed E-state index contributed by atoms with van der Waals surface area (Å²) in [5, 5.41) is 9.72. The highest BCUT2D eigenvalue weighted by atomic mass is 32.1. The Kier molecular flexibility index (Phi) is 1.70. The number of aromatic nitrogens is 3. The predicted octanol–water partition coefficient (Wildman–Crippen LogP) is 1.52. The highest BCUT2D eigenvalue weighted by molar-refractivity contribution is 7.28. The summed E-state index contributed by atoms with van der Waals surface area (Å²) in [4.78, 5) is 0.989. The third kappa shape index (κ3) is 1.20. The van der Waals surface area contributed by atoms with Gasteiger partial charge in [0, 0.05) is 9.40 Å². The van der Waals surface area contributed by atoms with Gasteiger partial charge in [0.1, 0.15) is 0 Å². The predicted molar refractivity (Wildman–Crippen MR) is 63.3 cm³/mol. The third-order valence-corrected chi connectivity index (χ3v) is 4.17. The summed E-state index contributed by atoms with van der Waals surface area (Å²) in [6.45, 7) is 0. The summed E-state index contributed by atoms with van der Waals surface area (Å²) in [5.41, 5.74) is 5.52. The maximum atomic E-state index is 5.70. The molecule has 0 aliphatic heterocycles. The molecule has 0 amide bonds. The van der Waals surface area contributed by atoms with Gasteiger partial charge in [-0.2, -0.15) is 0 Å². The summed E-state index contributed by atoms with van der Waals surface area (Å²) < 4.78 is 3.77. The minimum Gasteiger partial charge on any atom is -0.366 e. The van der Waals surface area contributed by atoms with E-state index in [0.717, 1.165) is 4.88 Å². The Balaban J connectivity index is 2.21. The van der Waals surface area contributed by atoms with E-state index in [1.807, 2.05) is 0 Å². The van der Waals surface area contributed by atoms with Crippen molar-refractivity contribution in [3.05, 3.63) is 17.5 Å². The van der Waals surface area contributed by atoms with Gasteiger partial charge in [-0.3, -0.25) is 0 Å². The van der Waals surface area contributed by atoms with E-state index >= 15 is 0 Å². The molecule has 76 valence electrons. The topological polar surface area (TPSA) is 82.8 Å². The maximum Gasteiger partial charge on any atom is 0.241 e. The molecule has 0 radical (unpaired) electrons. The SMILES string of the molecule is Nc1nnc(-c2cc3sccc3s2)n1N. The number of nitrogens with two attached hydrogens (primary N) is 2. The fourth-order valence-electron chi connectivity index (χ4n) is 1.35. The van der Waals surface area contributed by atoms with Crippen LogP contribution in [0.3, 0.4) is 0 Å². The smallest absolute Gasteiger partial charge is 0.241 e. The Labute approximate surface area is 92.9 Å². The molecule has 0 fully saturated rings. The summed E-state index contributed by atoms with van der Waals surface area (Å²) in [5.74, 6) is 6.54. The van der Waals surface area contributed by atoms with E-state index in [9.17, 15) is 0 Å². The normalized spacial score (nSPS) is 11.2. The van der Waals surface area contributed by atoms with Gasteiger partial charge in [-0.1, -0.05) is 0 Å². The number of rotatable bonds is 1. The van der Waals surface area contributed by atoms with E-state index in [0.29, 0.717) is 5.82 Å². The number of hydrogen-bond donors (Lipinski definition) is 2. The number of anilines is 1. The summed E-state index contributed by atoms with van der Waals surface area (Å²) >= 11 is 3.33. The zero-order chi connectivity index (χ0) is 10.4. The molecule has 3 aromatic heterocycles. The van der Waals surface area contributed by atoms with Gasteiger partial charge in [0.15, 0.2) is 5.82 Å².